The average molecular weight is 304 g/mol. The van der Waals surface area contributed by atoms with E-state index >= 15 is 0 Å². The van der Waals surface area contributed by atoms with Gasteiger partial charge in [-0.2, -0.15) is 13.2 Å². The molecule has 1 amide bonds. The SMILES string of the molecule is CC(COc1ccccc1C(F)(F)F)NC(=O)C(C)CN. The molecule has 0 saturated heterocycles. The fraction of sp³-hybridized carbons (Fsp3) is 0.500. The lowest BCUT2D eigenvalue weighted by molar-refractivity contribution is -0.139. The van der Waals surface area contributed by atoms with E-state index < -0.39 is 17.8 Å². The Morgan fingerprint density at radius 3 is 2.52 bits per heavy atom. The van der Waals surface area contributed by atoms with E-state index in [0.29, 0.717) is 0 Å². The van der Waals surface area contributed by atoms with Crippen LogP contribution in [0.4, 0.5) is 13.2 Å². The molecule has 0 fully saturated rings. The van der Waals surface area contributed by atoms with Gasteiger partial charge < -0.3 is 15.8 Å². The highest BCUT2D eigenvalue weighted by Gasteiger charge is 2.34. The molecule has 1 rings (SSSR count). The molecule has 118 valence electrons. The second-order valence-electron chi connectivity index (χ2n) is 4.85. The lowest BCUT2D eigenvalue weighted by atomic mass is 10.1. The van der Waals surface area contributed by atoms with Crippen LogP contribution in [0.1, 0.15) is 19.4 Å². The predicted octanol–water partition coefficient (Wildman–Crippen LogP) is 2.18. The number of carbonyl (C=O) groups excluding carboxylic acids is 1. The predicted molar refractivity (Wildman–Crippen MR) is 72.8 cm³/mol. The topological polar surface area (TPSA) is 64.3 Å². The normalized spacial score (nSPS) is 14.4. The van der Waals surface area contributed by atoms with Crippen LogP contribution in [0.15, 0.2) is 24.3 Å². The number of alkyl halides is 3. The molecular formula is C14H19F3N2O2. The van der Waals surface area contributed by atoms with Gasteiger partial charge in [0.05, 0.1) is 11.6 Å². The van der Waals surface area contributed by atoms with Crippen LogP contribution in [0, 0.1) is 5.92 Å². The standard InChI is InChI=1S/C14H19F3N2O2/c1-9(7-18)13(20)19-10(2)8-21-12-6-4-3-5-11(12)14(15,16)17/h3-6,9-10H,7-8,18H2,1-2H3,(H,19,20). The Balaban J connectivity index is 2.62. The molecular weight excluding hydrogens is 285 g/mol. The Hall–Kier alpha value is -1.76. The minimum atomic E-state index is -4.48. The second-order valence-corrected chi connectivity index (χ2v) is 4.85. The summed E-state index contributed by atoms with van der Waals surface area (Å²) in [5, 5.41) is 2.63. The summed E-state index contributed by atoms with van der Waals surface area (Å²) >= 11 is 0. The number of hydrogen-bond acceptors (Lipinski definition) is 3. The number of halogens is 3. The molecule has 0 aliphatic carbocycles. The highest BCUT2D eigenvalue weighted by Crippen LogP contribution is 2.35. The number of nitrogens with two attached hydrogens (primary N) is 1. The highest BCUT2D eigenvalue weighted by atomic mass is 19.4. The van der Waals surface area contributed by atoms with Crippen LogP contribution in [0.25, 0.3) is 0 Å². The third-order valence-electron chi connectivity index (χ3n) is 2.87. The minimum Gasteiger partial charge on any atom is -0.491 e. The minimum absolute atomic E-state index is 0.0594. The van der Waals surface area contributed by atoms with E-state index in [0.717, 1.165) is 6.07 Å². The van der Waals surface area contributed by atoms with Crippen molar-refractivity contribution >= 4 is 5.91 Å². The van der Waals surface area contributed by atoms with Crippen molar-refractivity contribution in [3.63, 3.8) is 0 Å². The number of nitrogens with one attached hydrogen (secondary N) is 1. The van der Waals surface area contributed by atoms with Gasteiger partial charge in [0.15, 0.2) is 0 Å². The Bertz CT molecular complexity index is 478. The van der Waals surface area contributed by atoms with E-state index in [9.17, 15) is 18.0 Å². The third-order valence-corrected chi connectivity index (χ3v) is 2.87. The number of hydrogen-bond donors (Lipinski definition) is 2. The van der Waals surface area contributed by atoms with Crippen LogP contribution >= 0.6 is 0 Å². The first kappa shape index (κ1) is 17.3. The number of rotatable bonds is 6. The maximum atomic E-state index is 12.8. The molecule has 1 aromatic rings. The van der Waals surface area contributed by atoms with Crippen molar-refractivity contribution in [2.24, 2.45) is 11.7 Å². The summed E-state index contributed by atoms with van der Waals surface area (Å²) in [6.45, 7) is 3.46. The van der Waals surface area contributed by atoms with Crippen molar-refractivity contribution in [1.29, 1.82) is 0 Å². The smallest absolute Gasteiger partial charge is 0.419 e. The van der Waals surface area contributed by atoms with Gasteiger partial charge in [0.25, 0.3) is 0 Å². The van der Waals surface area contributed by atoms with Gasteiger partial charge >= 0.3 is 6.18 Å². The molecule has 0 saturated carbocycles. The van der Waals surface area contributed by atoms with Crippen molar-refractivity contribution in [3.8, 4) is 5.75 Å². The monoisotopic (exact) mass is 304 g/mol. The molecule has 0 bridgehead atoms. The zero-order chi connectivity index (χ0) is 16.0. The fourth-order valence-electron chi connectivity index (χ4n) is 1.58. The number of ether oxygens (including phenoxy) is 1. The molecule has 0 aliphatic heterocycles. The first-order valence-electron chi connectivity index (χ1n) is 6.55. The average Bonchev–Trinajstić information content (AvgIpc) is 2.43. The zero-order valence-electron chi connectivity index (χ0n) is 11.9. The lowest BCUT2D eigenvalue weighted by Crippen LogP contribution is -2.41. The number of carbonyl (C=O) groups is 1. The molecule has 2 unspecified atom stereocenters. The van der Waals surface area contributed by atoms with Gasteiger partial charge in [-0.1, -0.05) is 19.1 Å². The quantitative estimate of drug-likeness (QED) is 0.846. The molecule has 0 heterocycles. The largest absolute Gasteiger partial charge is 0.491 e. The second kappa shape index (κ2) is 7.31. The third kappa shape index (κ3) is 5.26. The molecule has 1 aromatic carbocycles. The lowest BCUT2D eigenvalue weighted by Gasteiger charge is -2.19. The van der Waals surface area contributed by atoms with Crippen LogP contribution in [-0.4, -0.2) is 25.1 Å². The van der Waals surface area contributed by atoms with Crippen molar-refractivity contribution in [2.45, 2.75) is 26.1 Å². The molecule has 3 N–H and O–H groups in total. The summed E-state index contributed by atoms with van der Waals surface area (Å²) in [4.78, 5) is 11.6. The van der Waals surface area contributed by atoms with Gasteiger partial charge in [-0.15, -0.1) is 0 Å². The summed E-state index contributed by atoms with van der Waals surface area (Å²) in [7, 11) is 0. The van der Waals surface area contributed by atoms with Gasteiger partial charge in [0.1, 0.15) is 12.4 Å². The Morgan fingerprint density at radius 2 is 1.95 bits per heavy atom. The molecule has 0 aliphatic rings. The van der Waals surface area contributed by atoms with E-state index in [2.05, 4.69) is 5.32 Å². The van der Waals surface area contributed by atoms with Crippen LogP contribution in [0.3, 0.4) is 0 Å². The summed E-state index contributed by atoms with van der Waals surface area (Å²) in [5.74, 6) is -0.856. The summed E-state index contributed by atoms with van der Waals surface area (Å²) in [6.07, 6.45) is -4.48. The summed E-state index contributed by atoms with van der Waals surface area (Å²) in [5.41, 5.74) is 4.53. The molecule has 21 heavy (non-hydrogen) atoms. The molecule has 0 spiro atoms. The van der Waals surface area contributed by atoms with Gasteiger partial charge in [0, 0.05) is 12.5 Å². The van der Waals surface area contributed by atoms with E-state index in [-0.39, 0.29) is 30.7 Å². The molecule has 4 nitrogen and oxygen atoms in total. The zero-order valence-corrected chi connectivity index (χ0v) is 11.9. The molecule has 2 atom stereocenters. The van der Waals surface area contributed by atoms with Crippen molar-refractivity contribution in [2.75, 3.05) is 13.2 Å². The maximum Gasteiger partial charge on any atom is 0.419 e. The van der Waals surface area contributed by atoms with Crippen molar-refractivity contribution in [1.82, 2.24) is 5.32 Å². The van der Waals surface area contributed by atoms with E-state index in [4.69, 9.17) is 10.5 Å². The highest BCUT2D eigenvalue weighted by molar-refractivity contribution is 5.78. The van der Waals surface area contributed by atoms with Gasteiger partial charge in [-0.3, -0.25) is 4.79 Å². The number of para-hydroxylation sites is 1. The molecule has 0 radical (unpaired) electrons. The maximum absolute atomic E-state index is 12.8. The molecule has 0 aromatic heterocycles. The van der Waals surface area contributed by atoms with Crippen molar-refractivity contribution < 1.29 is 22.7 Å². The van der Waals surface area contributed by atoms with Crippen molar-refractivity contribution in [3.05, 3.63) is 29.8 Å². The van der Waals surface area contributed by atoms with E-state index in [1.807, 2.05) is 0 Å². The first-order chi connectivity index (χ1) is 9.75. The first-order valence-corrected chi connectivity index (χ1v) is 6.55. The number of amides is 1. The fourth-order valence-corrected chi connectivity index (χ4v) is 1.58. The van der Waals surface area contributed by atoms with Crippen LogP contribution in [0.5, 0.6) is 5.75 Å². The van der Waals surface area contributed by atoms with Gasteiger partial charge in [-0.05, 0) is 19.1 Å². The summed E-state index contributed by atoms with van der Waals surface area (Å²) < 4.78 is 43.5. The Morgan fingerprint density at radius 1 is 1.33 bits per heavy atom. The molecule has 7 heteroatoms. The van der Waals surface area contributed by atoms with Crippen LogP contribution in [0.2, 0.25) is 0 Å². The Labute approximate surface area is 121 Å². The Kier molecular flexibility index (Phi) is 6.02. The number of benzene rings is 1. The summed E-state index contributed by atoms with van der Waals surface area (Å²) in [6, 6.07) is 4.54. The van der Waals surface area contributed by atoms with Gasteiger partial charge in [-0.25, -0.2) is 0 Å². The van der Waals surface area contributed by atoms with E-state index in [1.165, 1.54) is 18.2 Å². The van der Waals surface area contributed by atoms with Gasteiger partial charge in [0.2, 0.25) is 5.91 Å². The van der Waals surface area contributed by atoms with Crippen LogP contribution < -0.4 is 15.8 Å². The van der Waals surface area contributed by atoms with E-state index in [1.54, 1.807) is 13.8 Å². The van der Waals surface area contributed by atoms with Crippen LogP contribution in [-0.2, 0) is 11.0 Å².